The number of thioether (sulfide) groups is 1. The summed E-state index contributed by atoms with van der Waals surface area (Å²) < 4.78 is 0. The highest BCUT2D eigenvalue weighted by atomic mass is 32.2. The summed E-state index contributed by atoms with van der Waals surface area (Å²) in [5.41, 5.74) is 5.92. The van der Waals surface area contributed by atoms with Crippen molar-refractivity contribution in [1.29, 1.82) is 0 Å². The number of benzene rings is 2. The maximum absolute atomic E-state index is 11.9. The van der Waals surface area contributed by atoms with Crippen LogP contribution in [0.25, 0.3) is 0 Å². The number of amides is 1. The second-order valence-corrected chi connectivity index (χ2v) is 11.2. The molecule has 3 aromatic rings. The number of aryl methyl sites for hydroxylation is 1. The van der Waals surface area contributed by atoms with Gasteiger partial charge < -0.3 is 20.9 Å². The van der Waals surface area contributed by atoms with Crippen LogP contribution in [0, 0.1) is 0 Å². The molecule has 0 atom stereocenters. The van der Waals surface area contributed by atoms with Crippen LogP contribution < -0.4 is 20.9 Å². The number of hydrogen-bond acceptors (Lipinski definition) is 8. The van der Waals surface area contributed by atoms with Gasteiger partial charge in [0, 0.05) is 43.2 Å². The molecule has 1 aromatic heterocycles. The zero-order chi connectivity index (χ0) is 27.2. The van der Waals surface area contributed by atoms with Crippen LogP contribution in [0.3, 0.4) is 0 Å². The Morgan fingerprint density at radius 3 is 2.51 bits per heavy atom. The Labute approximate surface area is 235 Å². The SMILES string of the molecule is CCc1cc2c(cc1SC)CN(c1nc(NCc3ccc(C(=O)NC)cc3)nc(NC3CCCCC3)n1)CC2. The molecule has 0 unspecified atom stereocenters. The van der Waals surface area contributed by atoms with Crippen LogP contribution in [0.2, 0.25) is 0 Å². The summed E-state index contributed by atoms with van der Waals surface area (Å²) in [6, 6.07) is 12.7. The summed E-state index contributed by atoms with van der Waals surface area (Å²) in [6.07, 6.45) is 10.3. The van der Waals surface area contributed by atoms with Crippen LogP contribution in [0.1, 0.15) is 71.6 Å². The fourth-order valence-electron chi connectivity index (χ4n) is 5.45. The molecule has 2 aliphatic rings. The Morgan fingerprint density at radius 1 is 1.03 bits per heavy atom. The first-order valence-electron chi connectivity index (χ1n) is 14.1. The van der Waals surface area contributed by atoms with Gasteiger partial charge in [0.15, 0.2) is 0 Å². The topological polar surface area (TPSA) is 95.1 Å². The molecular weight excluding hydrogens is 506 g/mol. The number of aromatic nitrogens is 3. The zero-order valence-corrected chi connectivity index (χ0v) is 24.0. The quantitative estimate of drug-likeness (QED) is 0.306. The molecule has 5 rings (SSSR count). The van der Waals surface area contributed by atoms with E-state index in [4.69, 9.17) is 15.0 Å². The molecule has 2 heterocycles. The van der Waals surface area contributed by atoms with E-state index >= 15 is 0 Å². The predicted molar refractivity (Wildman–Crippen MR) is 160 cm³/mol. The first-order chi connectivity index (χ1) is 19.1. The number of carbonyl (C=O) groups excluding carboxylic acids is 1. The van der Waals surface area contributed by atoms with Crippen LogP contribution in [0.15, 0.2) is 41.3 Å². The van der Waals surface area contributed by atoms with Crippen molar-refractivity contribution in [1.82, 2.24) is 20.3 Å². The van der Waals surface area contributed by atoms with Gasteiger partial charge in [0.25, 0.3) is 5.91 Å². The molecule has 0 saturated heterocycles. The highest BCUT2D eigenvalue weighted by molar-refractivity contribution is 7.98. The van der Waals surface area contributed by atoms with Crippen LogP contribution >= 0.6 is 11.8 Å². The van der Waals surface area contributed by atoms with Gasteiger partial charge in [-0.25, -0.2) is 0 Å². The fraction of sp³-hybridized carbons (Fsp3) is 0.467. The average Bonchev–Trinajstić information content (AvgIpc) is 2.99. The van der Waals surface area contributed by atoms with Crippen molar-refractivity contribution in [3.63, 3.8) is 0 Å². The molecule has 0 spiro atoms. The molecular formula is C30H39N7OS. The van der Waals surface area contributed by atoms with Crippen molar-refractivity contribution in [2.45, 2.75) is 75.9 Å². The molecule has 1 saturated carbocycles. The van der Waals surface area contributed by atoms with Crippen LogP contribution in [0.5, 0.6) is 0 Å². The van der Waals surface area contributed by atoms with Crippen LogP contribution in [-0.2, 0) is 25.9 Å². The summed E-state index contributed by atoms with van der Waals surface area (Å²) in [7, 11) is 1.64. The summed E-state index contributed by atoms with van der Waals surface area (Å²) in [5.74, 6) is 1.82. The van der Waals surface area contributed by atoms with E-state index in [2.05, 4.69) is 46.2 Å². The van der Waals surface area contributed by atoms with Crippen molar-refractivity contribution < 1.29 is 4.79 Å². The van der Waals surface area contributed by atoms with Crippen molar-refractivity contribution in [2.75, 3.05) is 35.4 Å². The van der Waals surface area contributed by atoms with Crippen LogP contribution in [-0.4, -0.2) is 46.7 Å². The van der Waals surface area contributed by atoms with E-state index in [1.807, 2.05) is 36.0 Å². The highest BCUT2D eigenvalue weighted by Gasteiger charge is 2.23. The number of nitrogens with one attached hydrogen (secondary N) is 3. The molecule has 3 N–H and O–H groups in total. The smallest absolute Gasteiger partial charge is 0.251 e. The lowest BCUT2D eigenvalue weighted by Gasteiger charge is -2.30. The third-order valence-electron chi connectivity index (χ3n) is 7.73. The number of rotatable bonds is 9. The van der Waals surface area contributed by atoms with Gasteiger partial charge in [-0.2, -0.15) is 15.0 Å². The molecule has 1 amide bonds. The lowest BCUT2D eigenvalue weighted by Crippen LogP contribution is -2.33. The Kier molecular flexibility index (Phi) is 8.86. The maximum Gasteiger partial charge on any atom is 0.251 e. The molecule has 1 aliphatic carbocycles. The molecule has 206 valence electrons. The molecule has 0 bridgehead atoms. The summed E-state index contributed by atoms with van der Waals surface area (Å²) in [5, 5.41) is 9.66. The first kappa shape index (κ1) is 27.2. The maximum atomic E-state index is 11.9. The van der Waals surface area contributed by atoms with Crippen LogP contribution in [0.4, 0.5) is 17.8 Å². The normalized spacial score (nSPS) is 15.5. The second kappa shape index (κ2) is 12.7. The highest BCUT2D eigenvalue weighted by Crippen LogP contribution is 2.31. The molecule has 9 heteroatoms. The molecule has 8 nitrogen and oxygen atoms in total. The van der Waals surface area contributed by atoms with Gasteiger partial charge in [0.2, 0.25) is 17.8 Å². The van der Waals surface area contributed by atoms with Gasteiger partial charge in [-0.3, -0.25) is 4.79 Å². The molecule has 1 fully saturated rings. The summed E-state index contributed by atoms with van der Waals surface area (Å²) in [6.45, 7) is 4.45. The monoisotopic (exact) mass is 545 g/mol. The number of nitrogens with zero attached hydrogens (tertiary/aromatic N) is 4. The predicted octanol–water partition coefficient (Wildman–Crippen LogP) is 5.43. The average molecular weight is 546 g/mol. The van der Waals surface area contributed by atoms with E-state index in [0.29, 0.717) is 36.0 Å². The molecule has 0 radical (unpaired) electrons. The van der Waals surface area contributed by atoms with Gasteiger partial charge in [-0.1, -0.05) is 44.4 Å². The van der Waals surface area contributed by atoms with Crippen molar-refractivity contribution >= 4 is 35.5 Å². The Bertz CT molecular complexity index is 1290. The van der Waals surface area contributed by atoms with E-state index in [0.717, 1.165) is 44.3 Å². The van der Waals surface area contributed by atoms with E-state index < -0.39 is 0 Å². The largest absolute Gasteiger partial charge is 0.355 e. The lowest BCUT2D eigenvalue weighted by molar-refractivity contribution is 0.0963. The second-order valence-electron chi connectivity index (χ2n) is 10.3. The van der Waals surface area contributed by atoms with Gasteiger partial charge in [-0.15, -0.1) is 11.8 Å². The third kappa shape index (κ3) is 6.64. The summed E-state index contributed by atoms with van der Waals surface area (Å²) in [4.78, 5) is 30.0. The lowest BCUT2D eigenvalue weighted by atomic mass is 9.96. The third-order valence-corrected chi connectivity index (χ3v) is 8.55. The number of carbonyl (C=O) groups is 1. The van der Waals surface area contributed by atoms with Gasteiger partial charge in [0.1, 0.15) is 0 Å². The van der Waals surface area contributed by atoms with E-state index in [-0.39, 0.29) is 5.91 Å². The van der Waals surface area contributed by atoms with E-state index in [1.165, 1.54) is 40.8 Å². The number of hydrogen-bond donors (Lipinski definition) is 3. The number of fused-ring (bicyclic) bond motifs is 1. The van der Waals surface area contributed by atoms with E-state index in [9.17, 15) is 4.79 Å². The summed E-state index contributed by atoms with van der Waals surface area (Å²) >= 11 is 1.82. The van der Waals surface area contributed by atoms with Gasteiger partial charge >= 0.3 is 0 Å². The minimum absolute atomic E-state index is 0.0891. The molecule has 2 aromatic carbocycles. The first-order valence-corrected chi connectivity index (χ1v) is 15.3. The standard InChI is InChI=1S/C30H39N7OS/c1-4-21-16-23-14-15-37(19-24(23)17-26(21)39-3)30-35-28(34-29(36-30)33-25-8-6-5-7-9-25)32-18-20-10-12-22(13-11-20)27(38)31-2/h10-13,16-17,25H,4-9,14-15,18-19H2,1-3H3,(H,31,38)(H2,32,33,34,35,36). The minimum atomic E-state index is -0.0891. The van der Waals surface area contributed by atoms with Gasteiger partial charge in [-0.05, 0) is 72.4 Å². The van der Waals surface area contributed by atoms with Crippen molar-refractivity contribution in [2.24, 2.45) is 0 Å². The van der Waals surface area contributed by atoms with Crippen molar-refractivity contribution in [3.8, 4) is 0 Å². The van der Waals surface area contributed by atoms with Gasteiger partial charge in [0.05, 0.1) is 0 Å². The zero-order valence-electron chi connectivity index (χ0n) is 23.2. The van der Waals surface area contributed by atoms with Crippen molar-refractivity contribution in [3.05, 3.63) is 64.2 Å². The Balaban J connectivity index is 1.37. The fourth-order valence-corrected chi connectivity index (χ4v) is 6.18. The molecule has 1 aliphatic heterocycles. The molecule has 39 heavy (non-hydrogen) atoms. The number of anilines is 3. The Hall–Kier alpha value is -3.33. The minimum Gasteiger partial charge on any atom is -0.355 e. The Morgan fingerprint density at radius 2 is 1.79 bits per heavy atom. The van der Waals surface area contributed by atoms with E-state index in [1.54, 1.807) is 7.05 Å².